The van der Waals surface area contributed by atoms with Gasteiger partial charge in [-0.05, 0) is 18.6 Å². The monoisotopic (exact) mass is 470 g/mol. The molecule has 0 aromatic carbocycles. The van der Waals surface area contributed by atoms with Crippen molar-refractivity contribution < 1.29 is 28.0 Å². The number of hydrogen-bond donors (Lipinski definition) is 4. The molecule has 0 fully saturated rings. The molecule has 0 radical (unpaired) electrons. The maximum Gasteiger partial charge on any atom is 0.435 e. The molecule has 2 amide bonds. The van der Waals surface area contributed by atoms with Crippen molar-refractivity contribution in [1.82, 2.24) is 20.0 Å². The van der Waals surface area contributed by atoms with Gasteiger partial charge in [-0.2, -0.15) is 13.2 Å². The highest BCUT2D eigenvalue weighted by atomic mass is 19.4. The zero-order valence-electron chi connectivity index (χ0n) is 17.8. The van der Waals surface area contributed by atoms with Gasteiger partial charge < -0.3 is 0 Å². The van der Waals surface area contributed by atoms with Crippen LogP contribution < -0.4 is 21.7 Å². The summed E-state index contributed by atoms with van der Waals surface area (Å²) in [7, 11) is 0. The van der Waals surface area contributed by atoms with E-state index in [-0.39, 0.29) is 30.3 Å². The van der Waals surface area contributed by atoms with Gasteiger partial charge in [-0.15, -0.1) is 0 Å². The number of halogens is 3. The maximum atomic E-state index is 13.6. The lowest BCUT2D eigenvalue weighted by atomic mass is 10.00. The number of anilines is 3. The van der Waals surface area contributed by atoms with Crippen LogP contribution in [-0.2, 0) is 15.8 Å². The van der Waals surface area contributed by atoms with Gasteiger partial charge >= 0.3 is 6.18 Å². The average Bonchev–Trinajstić information content (AvgIpc) is 2.81. The normalized spacial score (nSPS) is 12.1. The first kappa shape index (κ1) is 25.7. The number of hydroxylamine groups is 2. The number of alkyl halides is 3. The van der Waals surface area contributed by atoms with Crippen LogP contribution in [0.2, 0.25) is 0 Å². The molecule has 33 heavy (non-hydrogen) atoms. The van der Waals surface area contributed by atoms with E-state index in [1.807, 2.05) is 6.92 Å². The summed E-state index contributed by atoms with van der Waals surface area (Å²) >= 11 is 0. The molecule has 11 nitrogen and oxygen atoms in total. The fourth-order valence-electron chi connectivity index (χ4n) is 2.86. The Balaban J connectivity index is 2.25. The Morgan fingerprint density at radius 1 is 1.27 bits per heavy atom. The Labute approximate surface area is 187 Å². The molecule has 0 bridgehead atoms. The van der Waals surface area contributed by atoms with Gasteiger partial charge in [0.2, 0.25) is 18.3 Å². The predicted octanol–water partition coefficient (Wildman–Crippen LogP) is 2.58. The Morgan fingerprint density at radius 2 is 2.03 bits per heavy atom. The van der Waals surface area contributed by atoms with Crippen LogP contribution in [0.25, 0.3) is 0 Å². The summed E-state index contributed by atoms with van der Waals surface area (Å²) in [5.74, 6) is 3.51. The molecule has 2 aromatic rings. The van der Waals surface area contributed by atoms with Crippen LogP contribution in [0.15, 0.2) is 30.6 Å². The van der Waals surface area contributed by atoms with E-state index in [4.69, 9.17) is 5.84 Å². The van der Waals surface area contributed by atoms with Crippen molar-refractivity contribution in [3.05, 3.63) is 36.3 Å². The van der Waals surface area contributed by atoms with Crippen molar-refractivity contribution >= 4 is 29.8 Å². The third-order valence-electron chi connectivity index (χ3n) is 4.52. The summed E-state index contributed by atoms with van der Waals surface area (Å²) in [4.78, 5) is 34.7. The molecule has 2 aromatic heterocycles. The molecule has 0 aliphatic rings. The number of aromatic nitrogens is 3. The Morgan fingerprint density at radius 3 is 2.64 bits per heavy atom. The largest absolute Gasteiger partial charge is 0.435 e. The van der Waals surface area contributed by atoms with Crippen LogP contribution in [0.3, 0.4) is 0 Å². The molecule has 2 heterocycles. The quantitative estimate of drug-likeness (QED) is 0.0916. The molecular formula is C19H25F3N8O3. The van der Waals surface area contributed by atoms with Crippen LogP contribution in [0.4, 0.5) is 30.6 Å². The summed E-state index contributed by atoms with van der Waals surface area (Å²) in [6, 6.07) is 4.80. The van der Waals surface area contributed by atoms with E-state index in [2.05, 4.69) is 25.8 Å². The van der Waals surface area contributed by atoms with E-state index in [1.54, 1.807) is 12.1 Å². The molecule has 2 rings (SSSR count). The fraction of sp³-hybridized carbons (Fsp3) is 0.421. The van der Waals surface area contributed by atoms with Gasteiger partial charge in [0.15, 0.2) is 5.69 Å². The summed E-state index contributed by atoms with van der Waals surface area (Å²) in [5.41, 5.74) is 2.97. The van der Waals surface area contributed by atoms with E-state index in [1.165, 1.54) is 12.3 Å². The van der Waals surface area contributed by atoms with Gasteiger partial charge in [0, 0.05) is 6.20 Å². The van der Waals surface area contributed by atoms with E-state index < -0.39 is 35.3 Å². The second kappa shape index (κ2) is 11.9. The first-order valence-electron chi connectivity index (χ1n) is 10.0. The fourth-order valence-corrected chi connectivity index (χ4v) is 2.86. The van der Waals surface area contributed by atoms with Gasteiger partial charge in [0.1, 0.15) is 11.5 Å². The van der Waals surface area contributed by atoms with Gasteiger partial charge in [0.05, 0.1) is 18.7 Å². The van der Waals surface area contributed by atoms with Crippen LogP contribution in [-0.4, -0.2) is 44.1 Å². The molecule has 1 atom stereocenters. The topological polar surface area (TPSA) is 150 Å². The highest BCUT2D eigenvalue weighted by molar-refractivity contribution is 5.92. The van der Waals surface area contributed by atoms with Gasteiger partial charge in [-0.3, -0.25) is 25.6 Å². The second-order valence-electron chi connectivity index (χ2n) is 7.02. The highest BCUT2D eigenvalue weighted by Crippen LogP contribution is 2.34. The minimum absolute atomic E-state index is 0.119. The van der Waals surface area contributed by atoms with E-state index in [9.17, 15) is 28.0 Å². The molecule has 1 unspecified atom stereocenters. The summed E-state index contributed by atoms with van der Waals surface area (Å²) in [6.07, 6.45) is -0.0352. The highest BCUT2D eigenvalue weighted by Gasteiger charge is 2.37. The third kappa shape index (κ3) is 7.54. The lowest BCUT2D eigenvalue weighted by molar-refractivity contribution is -0.154. The smallest absolute Gasteiger partial charge is 0.296 e. The zero-order valence-corrected chi connectivity index (χ0v) is 17.8. The number of nitrogens with two attached hydrogens (primary N) is 1. The van der Waals surface area contributed by atoms with Crippen molar-refractivity contribution in [2.75, 3.05) is 22.4 Å². The third-order valence-corrected chi connectivity index (χ3v) is 4.52. The van der Waals surface area contributed by atoms with E-state index in [0.717, 1.165) is 19.0 Å². The molecule has 5 N–H and O–H groups in total. The van der Waals surface area contributed by atoms with Crippen molar-refractivity contribution in [3.63, 3.8) is 0 Å². The minimum Gasteiger partial charge on any atom is -0.296 e. The predicted molar refractivity (Wildman–Crippen MR) is 112 cm³/mol. The molecule has 0 saturated heterocycles. The summed E-state index contributed by atoms with van der Waals surface area (Å²) < 4.78 is 40.8. The lowest BCUT2D eigenvalue weighted by Gasteiger charge is -2.24. The SMILES string of the molecule is CCCCCC(CN(O)C=O)C(=O)N(N)c1ncc(NNc2ccccn2)c(C(F)(F)F)n1. The van der Waals surface area contributed by atoms with Crippen LogP contribution >= 0.6 is 0 Å². The van der Waals surface area contributed by atoms with Crippen LogP contribution in [0.1, 0.15) is 38.3 Å². The van der Waals surface area contributed by atoms with Gasteiger partial charge in [-0.1, -0.05) is 32.3 Å². The number of carbonyl (C=O) groups excluding carboxylic acids is 2. The van der Waals surface area contributed by atoms with Crippen molar-refractivity contribution in [1.29, 1.82) is 0 Å². The van der Waals surface area contributed by atoms with E-state index in [0.29, 0.717) is 11.4 Å². The number of nitrogens with one attached hydrogen (secondary N) is 2. The molecule has 14 heteroatoms. The van der Waals surface area contributed by atoms with Crippen LogP contribution in [0.5, 0.6) is 0 Å². The number of amides is 2. The first-order chi connectivity index (χ1) is 15.7. The molecule has 0 saturated carbocycles. The van der Waals surface area contributed by atoms with Crippen LogP contribution in [0, 0.1) is 5.92 Å². The van der Waals surface area contributed by atoms with Crippen molar-refractivity contribution in [3.8, 4) is 0 Å². The molecule has 0 aliphatic heterocycles. The molecule has 0 spiro atoms. The Bertz CT molecular complexity index is 917. The van der Waals surface area contributed by atoms with E-state index >= 15 is 0 Å². The minimum atomic E-state index is -4.89. The first-order valence-corrected chi connectivity index (χ1v) is 10.0. The number of unbranched alkanes of at least 4 members (excludes halogenated alkanes) is 2. The number of pyridine rings is 1. The van der Waals surface area contributed by atoms with Crippen molar-refractivity contribution in [2.24, 2.45) is 11.8 Å². The average molecular weight is 470 g/mol. The van der Waals surface area contributed by atoms with Gasteiger partial charge in [-0.25, -0.2) is 30.9 Å². The second-order valence-corrected chi connectivity index (χ2v) is 7.02. The number of nitrogens with zero attached hydrogens (tertiary/aromatic N) is 5. The summed E-state index contributed by atoms with van der Waals surface area (Å²) in [5, 5.41) is 10.1. The summed E-state index contributed by atoms with van der Waals surface area (Å²) in [6.45, 7) is 1.57. The number of carbonyl (C=O) groups is 2. The molecule has 0 aliphatic carbocycles. The molecule has 180 valence electrons. The Kier molecular flexibility index (Phi) is 9.30. The number of hydrazine groups is 2. The standard InChI is InChI=1S/C19H25F3N8O3/c1-2-3-4-7-13(11-29(33)12-31)17(32)30(23)18-25-10-14(16(26-18)19(20,21)22)27-28-15-8-5-6-9-24-15/h5-6,8-10,12-13,27,33H,2-4,7,11,23H2,1H3,(H,24,28). The number of hydrogen-bond acceptors (Lipinski definition) is 9. The lowest BCUT2D eigenvalue weighted by Crippen LogP contribution is -2.46. The molecular weight excluding hydrogens is 445 g/mol. The van der Waals surface area contributed by atoms with Crippen molar-refractivity contribution in [2.45, 2.75) is 38.8 Å². The maximum absolute atomic E-state index is 13.6. The van der Waals surface area contributed by atoms with Gasteiger partial charge in [0.25, 0.3) is 0 Å². The zero-order chi connectivity index (χ0) is 24.4. The number of rotatable bonds is 12. The Hall–Kier alpha value is -3.52.